The Morgan fingerprint density at radius 2 is 2.00 bits per heavy atom. The lowest BCUT2D eigenvalue weighted by Gasteiger charge is -2.28. The van der Waals surface area contributed by atoms with Crippen LogP contribution in [-0.4, -0.2) is 23.4 Å². The zero-order chi connectivity index (χ0) is 14.1. The van der Waals surface area contributed by atoms with Gasteiger partial charge in [0.25, 0.3) is 0 Å². The molecule has 2 saturated carbocycles. The first-order valence-corrected chi connectivity index (χ1v) is 8.15. The molecule has 0 spiro atoms. The minimum absolute atomic E-state index is 0.162. The molecular weight excluding hydrogens is 270 g/mol. The second kappa shape index (κ2) is 5.77. The molecule has 2 nitrogen and oxygen atoms in total. The van der Waals surface area contributed by atoms with Crippen molar-refractivity contribution in [3.63, 3.8) is 0 Å². The predicted octanol–water partition coefficient (Wildman–Crippen LogP) is 4.23. The number of amides is 1. The number of benzene rings is 1. The molecule has 3 rings (SSSR count). The largest absolute Gasteiger partial charge is 0.340 e. The topological polar surface area (TPSA) is 20.3 Å². The lowest BCUT2D eigenvalue weighted by atomic mass is 10.1. The minimum atomic E-state index is 0.162. The molecular formula is C17H22ClNO. The Morgan fingerprint density at radius 1 is 1.30 bits per heavy atom. The van der Waals surface area contributed by atoms with E-state index in [-0.39, 0.29) is 5.92 Å². The van der Waals surface area contributed by atoms with Crippen LogP contribution in [0.3, 0.4) is 0 Å². The summed E-state index contributed by atoms with van der Waals surface area (Å²) in [7, 11) is 0. The van der Waals surface area contributed by atoms with Crippen molar-refractivity contribution in [2.45, 2.75) is 51.0 Å². The summed E-state index contributed by atoms with van der Waals surface area (Å²) in [6.45, 7) is 2.94. The first kappa shape index (κ1) is 13.9. The van der Waals surface area contributed by atoms with E-state index in [4.69, 9.17) is 11.6 Å². The predicted molar refractivity (Wildman–Crippen MR) is 81.9 cm³/mol. The van der Waals surface area contributed by atoms with Crippen molar-refractivity contribution in [3.8, 4) is 0 Å². The highest BCUT2D eigenvalue weighted by molar-refractivity contribution is 6.31. The summed E-state index contributed by atoms with van der Waals surface area (Å²) in [6, 6.07) is 8.43. The van der Waals surface area contributed by atoms with E-state index in [9.17, 15) is 4.79 Å². The molecule has 1 aromatic rings. The molecule has 0 N–H and O–H groups in total. The van der Waals surface area contributed by atoms with Gasteiger partial charge in [0.15, 0.2) is 0 Å². The molecule has 1 aromatic carbocycles. The number of hydrogen-bond donors (Lipinski definition) is 0. The van der Waals surface area contributed by atoms with Gasteiger partial charge in [-0.1, -0.05) is 42.6 Å². The molecule has 0 aromatic heterocycles. The van der Waals surface area contributed by atoms with Crippen molar-refractivity contribution < 1.29 is 4.79 Å². The van der Waals surface area contributed by atoms with E-state index >= 15 is 0 Å². The van der Waals surface area contributed by atoms with Crippen LogP contribution < -0.4 is 0 Å². The summed E-state index contributed by atoms with van der Waals surface area (Å²) in [5, 5.41) is 0.803. The molecule has 2 unspecified atom stereocenters. The van der Waals surface area contributed by atoms with Crippen LogP contribution in [0.4, 0.5) is 0 Å². The fraction of sp³-hybridized carbons (Fsp3) is 0.588. The molecule has 0 saturated heterocycles. The van der Waals surface area contributed by atoms with Gasteiger partial charge in [-0.3, -0.25) is 4.79 Å². The molecule has 2 atom stereocenters. The average molecular weight is 292 g/mol. The Balaban J connectivity index is 1.68. The zero-order valence-electron chi connectivity index (χ0n) is 12.0. The Hall–Kier alpha value is -1.02. The first-order valence-electron chi connectivity index (χ1n) is 7.77. The molecule has 0 bridgehead atoms. The average Bonchev–Trinajstić information content (AvgIpc) is 3.07. The maximum Gasteiger partial charge on any atom is 0.226 e. The smallest absolute Gasteiger partial charge is 0.226 e. The summed E-state index contributed by atoms with van der Waals surface area (Å²) in [6.07, 6.45) is 5.87. The Kier molecular flexibility index (Phi) is 4.02. The van der Waals surface area contributed by atoms with Crippen LogP contribution in [0, 0.1) is 5.92 Å². The van der Waals surface area contributed by atoms with E-state index in [2.05, 4.69) is 17.9 Å². The van der Waals surface area contributed by atoms with Crippen LogP contribution in [0.1, 0.15) is 50.5 Å². The monoisotopic (exact) mass is 291 g/mol. The number of nitrogens with zero attached hydrogens (tertiary/aromatic N) is 1. The van der Waals surface area contributed by atoms with Crippen LogP contribution >= 0.6 is 11.6 Å². The van der Waals surface area contributed by atoms with Gasteiger partial charge < -0.3 is 4.90 Å². The van der Waals surface area contributed by atoms with Gasteiger partial charge in [0.1, 0.15) is 0 Å². The van der Waals surface area contributed by atoms with E-state index in [0.29, 0.717) is 17.9 Å². The van der Waals surface area contributed by atoms with E-state index < -0.39 is 0 Å². The third-order valence-corrected chi connectivity index (χ3v) is 5.15. The summed E-state index contributed by atoms with van der Waals surface area (Å²) in [4.78, 5) is 14.8. The summed E-state index contributed by atoms with van der Waals surface area (Å²) >= 11 is 6.24. The normalized spacial score (nSPS) is 25.7. The Morgan fingerprint density at radius 3 is 2.65 bits per heavy atom. The number of carbonyl (C=O) groups is 1. The number of hydrogen-bond acceptors (Lipinski definition) is 1. The van der Waals surface area contributed by atoms with Crippen molar-refractivity contribution in [2.75, 3.05) is 6.54 Å². The van der Waals surface area contributed by atoms with Gasteiger partial charge in [0.05, 0.1) is 0 Å². The maximum atomic E-state index is 12.7. The van der Waals surface area contributed by atoms with Gasteiger partial charge in [-0.15, -0.1) is 0 Å². The third-order valence-electron chi connectivity index (χ3n) is 4.80. The molecule has 2 aliphatic carbocycles. The summed E-state index contributed by atoms with van der Waals surface area (Å²) in [5.74, 6) is 0.853. The highest BCUT2D eigenvalue weighted by atomic mass is 35.5. The van der Waals surface area contributed by atoms with Crippen LogP contribution in [-0.2, 0) is 4.79 Å². The quantitative estimate of drug-likeness (QED) is 0.813. The number of carbonyl (C=O) groups excluding carboxylic acids is 1. The standard InChI is InChI=1S/C17H22ClNO/c1-2-19(12-7-3-4-8-12)17(20)15-11-14(15)13-9-5-6-10-16(13)18/h5-6,9-10,12,14-15H,2-4,7-8,11H2,1H3. The lowest BCUT2D eigenvalue weighted by Crippen LogP contribution is -2.39. The third kappa shape index (κ3) is 2.58. The van der Waals surface area contributed by atoms with Gasteiger partial charge in [-0.2, -0.15) is 0 Å². The first-order chi connectivity index (χ1) is 9.72. The fourth-order valence-corrected chi connectivity index (χ4v) is 3.89. The minimum Gasteiger partial charge on any atom is -0.340 e. The summed E-state index contributed by atoms with van der Waals surface area (Å²) in [5.41, 5.74) is 1.15. The molecule has 2 aliphatic rings. The molecule has 108 valence electrons. The molecule has 0 aliphatic heterocycles. The molecule has 3 heteroatoms. The van der Waals surface area contributed by atoms with Gasteiger partial charge in [0, 0.05) is 23.5 Å². The van der Waals surface area contributed by atoms with Crippen LogP contribution in [0.15, 0.2) is 24.3 Å². The molecule has 20 heavy (non-hydrogen) atoms. The molecule has 2 fully saturated rings. The maximum absolute atomic E-state index is 12.7. The van der Waals surface area contributed by atoms with Crippen molar-refractivity contribution >= 4 is 17.5 Å². The number of halogens is 1. The van der Waals surface area contributed by atoms with Gasteiger partial charge >= 0.3 is 0 Å². The molecule has 0 radical (unpaired) electrons. The summed E-state index contributed by atoms with van der Waals surface area (Å²) < 4.78 is 0. The Bertz CT molecular complexity index is 496. The van der Waals surface area contributed by atoms with Crippen molar-refractivity contribution in [1.29, 1.82) is 0 Å². The Labute approximate surface area is 126 Å². The van der Waals surface area contributed by atoms with Crippen molar-refractivity contribution in [3.05, 3.63) is 34.9 Å². The van der Waals surface area contributed by atoms with Crippen molar-refractivity contribution in [2.24, 2.45) is 5.92 Å². The lowest BCUT2D eigenvalue weighted by molar-refractivity contribution is -0.134. The molecule has 1 amide bonds. The highest BCUT2D eigenvalue weighted by Gasteiger charge is 2.47. The zero-order valence-corrected chi connectivity index (χ0v) is 12.8. The second-order valence-electron chi connectivity index (χ2n) is 6.03. The van der Waals surface area contributed by atoms with E-state index in [0.717, 1.165) is 23.6 Å². The molecule has 0 heterocycles. The van der Waals surface area contributed by atoms with Crippen LogP contribution in [0.2, 0.25) is 5.02 Å². The van der Waals surface area contributed by atoms with Crippen molar-refractivity contribution in [1.82, 2.24) is 4.90 Å². The fourth-order valence-electron chi connectivity index (χ4n) is 3.61. The highest BCUT2D eigenvalue weighted by Crippen LogP contribution is 2.50. The SMILES string of the molecule is CCN(C(=O)C1CC1c1ccccc1Cl)C1CCCC1. The van der Waals surface area contributed by atoms with Crippen LogP contribution in [0.5, 0.6) is 0 Å². The van der Waals surface area contributed by atoms with Gasteiger partial charge in [-0.25, -0.2) is 0 Å². The van der Waals surface area contributed by atoms with E-state index in [1.807, 2.05) is 18.2 Å². The van der Waals surface area contributed by atoms with E-state index in [1.165, 1.54) is 25.7 Å². The van der Waals surface area contributed by atoms with E-state index in [1.54, 1.807) is 0 Å². The van der Waals surface area contributed by atoms with Crippen LogP contribution in [0.25, 0.3) is 0 Å². The van der Waals surface area contributed by atoms with Gasteiger partial charge in [0.2, 0.25) is 5.91 Å². The van der Waals surface area contributed by atoms with Gasteiger partial charge in [-0.05, 0) is 43.7 Å². The number of rotatable bonds is 4. The second-order valence-corrected chi connectivity index (χ2v) is 6.44.